The van der Waals surface area contributed by atoms with E-state index in [1.54, 1.807) is 12.3 Å². The van der Waals surface area contributed by atoms with Crippen LogP contribution in [-0.4, -0.2) is 37.8 Å². The first-order valence-electron chi connectivity index (χ1n) is 9.35. The number of ether oxygens (including phenoxy) is 1. The van der Waals surface area contributed by atoms with Gasteiger partial charge in [0.05, 0.1) is 12.2 Å². The molecule has 0 saturated carbocycles. The number of fused-ring (bicyclic) bond motifs is 2. The Morgan fingerprint density at radius 2 is 2.31 bits per heavy atom. The summed E-state index contributed by atoms with van der Waals surface area (Å²) in [6.07, 6.45) is 4.14. The van der Waals surface area contributed by atoms with Crippen molar-refractivity contribution in [3.63, 3.8) is 0 Å². The summed E-state index contributed by atoms with van der Waals surface area (Å²) >= 11 is 0. The van der Waals surface area contributed by atoms with Gasteiger partial charge in [0, 0.05) is 23.7 Å². The lowest BCUT2D eigenvalue weighted by Gasteiger charge is -2.24. The van der Waals surface area contributed by atoms with E-state index in [1.807, 2.05) is 13.8 Å². The van der Waals surface area contributed by atoms with E-state index in [9.17, 15) is 14.3 Å². The second-order valence-corrected chi connectivity index (χ2v) is 7.56. The zero-order valence-electron chi connectivity index (χ0n) is 16.1. The van der Waals surface area contributed by atoms with Crippen LogP contribution in [0.25, 0.3) is 5.65 Å². The topological polar surface area (TPSA) is 115 Å². The maximum Gasteiger partial charge on any atom is 0.341 e. The largest absolute Gasteiger partial charge is 0.487 e. The van der Waals surface area contributed by atoms with Gasteiger partial charge in [0.15, 0.2) is 5.65 Å². The Balaban J connectivity index is 1.65. The fourth-order valence-electron chi connectivity index (χ4n) is 3.78. The van der Waals surface area contributed by atoms with Gasteiger partial charge in [-0.3, -0.25) is 0 Å². The minimum atomic E-state index is -1.10. The molecule has 4 rings (SSSR count). The first-order valence-corrected chi connectivity index (χ1v) is 9.35. The molecule has 1 aromatic carbocycles. The molecule has 0 saturated heterocycles. The molecule has 9 heteroatoms. The highest BCUT2D eigenvalue weighted by molar-refractivity contribution is 5.94. The van der Waals surface area contributed by atoms with E-state index in [0.29, 0.717) is 36.5 Å². The number of rotatable bonds is 6. The molecular weight excluding hydrogens is 377 g/mol. The number of carboxylic acid groups (broad SMARTS) is 1. The summed E-state index contributed by atoms with van der Waals surface area (Å²) in [5.41, 5.74) is 6.98. The summed E-state index contributed by atoms with van der Waals surface area (Å²) in [4.78, 5) is 15.7. The van der Waals surface area contributed by atoms with Gasteiger partial charge < -0.3 is 20.9 Å². The molecule has 0 spiro atoms. The zero-order valence-corrected chi connectivity index (χ0v) is 16.1. The molecule has 0 aliphatic carbocycles. The van der Waals surface area contributed by atoms with E-state index in [-0.39, 0.29) is 23.1 Å². The van der Waals surface area contributed by atoms with Crippen LogP contribution in [0.15, 0.2) is 30.6 Å². The van der Waals surface area contributed by atoms with E-state index in [4.69, 9.17) is 10.5 Å². The molecule has 1 aliphatic heterocycles. The van der Waals surface area contributed by atoms with Crippen LogP contribution in [0.2, 0.25) is 0 Å². The number of aromatic nitrogens is 3. The smallest absolute Gasteiger partial charge is 0.341 e. The number of benzene rings is 1. The molecule has 0 radical (unpaired) electrons. The maximum atomic E-state index is 14.3. The van der Waals surface area contributed by atoms with Gasteiger partial charge >= 0.3 is 5.97 Å². The molecule has 0 amide bonds. The number of carbonyl (C=O) groups is 1. The molecule has 2 atom stereocenters. The standard InChI is InChI=1S/C20H22FN5O3/c1-11(24-16-3-6-26-18(25-16)15(10-23-26)19(27)28)14-8-13(21)7-12-9-20(2,4-5-22)29-17(12)14/h3,6-8,10-11H,4-5,9,22H2,1-2H3,(H,24,25)(H,27,28)/t11-,20-/m1/s1. The van der Waals surface area contributed by atoms with E-state index < -0.39 is 11.6 Å². The number of hydrogen-bond acceptors (Lipinski definition) is 6. The molecule has 0 unspecified atom stereocenters. The molecule has 3 heterocycles. The number of nitrogens with zero attached hydrogens (tertiary/aromatic N) is 3. The van der Waals surface area contributed by atoms with Crippen molar-refractivity contribution in [2.24, 2.45) is 5.73 Å². The van der Waals surface area contributed by atoms with Crippen molar-refractivity contribution in [1.29, 1.82) is 0 Å². The maximum absolute atomic E-state index is 14.3. The highest BCUT2D eigenvalue weighted by atomic mass is 19.1. The van der Waals surface area contributed by atoms with Gasteiger partial charge in [-0.2, -0.15) is 5.10 Å². The quantitative estimate of drug-likeness (QED) is 0.584. The average Bonchev–Trinajstić information content (AvgIpc) is 3.21. The van der Waals surface area contributed by atoms with E-state index in [0.717, 1.165) is 5.56 Å². The van der Waals surface area contributed by atoms with Gasteiger partial charge in [0.2, 0.25) is 0 Å². The number of carboxylic acids is 1. The first-order chi connectivity index (χ1) is 13.8. The summed E-state index contributed by atoms with van der Waals surface area (Å²) in [6.45, 7) is 4.33. The fraction of sp³-hybridized carbons (Fsp3) is 0.350. The van der Waals surface area contributed by atoms with Crippen molar-refractivity contribution in [3.8, 4) is 5.75 Å². The summed E-state index contributed by atoms with van der Waals surface area (Å²) in [5, 5.41) is 16.5. The van der Waals surface area contributed by atoms with Crippen molar-refractivity contribution in [2.45, 2.75) is 38.3 Å². The molecular formula is C20H22FN5O3. The van der Waals surface area contributed by atoms with Crippen molar-refractivity contribution in [1.82, 2.24) is 14.6 Å². The lowest BCUT2D eigenvalue weighted by molar-refractivity contribution is 0.0698. The lowest BCUT2D eigenvalue weighted by atomic mass is 9.94. The highest BCUT2D eigenvalue weighted by Crippen LogP contribution is 2.42. The molecule has 8 nitrogen and oxygen atoms in total. The third kappa shape index (κ3) is 3.49. The Morgan fingerprint density at radius 3 is 3.03 bits per heavy atom. The Bertz CT molecular complexity index is 1100. The van der Waals surface area contributed by atoms with Gasteiger partial charge in [0.1, 0.15) is 28.5 Å². The van der Waals surface area contributed by atoms with Gasteiger partial charge in [-0.15, -0.1) is 0 Å². The number of halogens is 1. The van der Waals surface area contributed by atoms with Crippen molar-refractivity contribution in [3.05, 3.63) is 53.1 Å². The van der Waals surface area contributed by atoms with E-state index in [2.05, 4.69) is 15.4 Å². The van der Waals surface area contributed by atoms with Crippen LogP contribution in [0.4, 0.5) is 10.2 Å². The molecule has 152 valence electrons. The third-order valence-corrected chi connectivity index (χ3v) is 5.18. The Kier molecular flexibility index (Phi) is 4.62. The molecule has 29 heavy (non-hydrogen) atoms. The molecule has 2 aromatic heterocycles. The van der Waals surface area contributed by atoms with Gasteiger partial charge in [-0.25, -0.2) is 18.7 Å². The van der Waals surface area contributed by atoms with Crippen LogP contribution < -0.4 is 15.8 Å². The second kappa shape index (κ2) is 7.00. The van der Waals surface area contributed by atoms with Crippen molar-refractivity contribution in [2.75, 3.05) is 11.9 Å². The van der Waals surface area contributed by atoms with Crippen molar-refractivity contribution >= 4 is 17.4 Å². The summed E-state index contributed by atoms with van der Waals surface area (Å²) in [7, 11) is 0. The average molecular weight is 399 g/mol. The van der Waals surface area contributed by atoms with Crippen LogP contribution in [0.3, 0.4) is 0 Å². The van der Waals surface area contributed by atoms with Gasteiger partial charge in [-0.1, -0.05) is 0 Å². The number of aromatic carboxylic acids is 1. The summed E-state index contributed by atoms with van der Waals surface area (Å²) in [6, 6.07) is 4.31. The molecule has 0 fully saturated rings. The molecule has 1 aliphatic rings. The Morgan fingerprint density at radius 1 is 1.52 bits per heavy atom. The van der Waals surface area contributed by atoms with E-state index in [1.165, 1.54) is 22.8 Å². The Hall–Kier alpha value is -3.20. The highest BCUT2D eigenvalue weighted by Gasteiger charge is 2.36. The molecule has 4 N–H and O–H groups in total. The predicted octanol–water partition coefficient (Wildman–Crippen LogP) is 2.78. The summed E-state index contributed by atoms with van der Waals surface area (Å²) < 4.78 is 21.8. The zero-order chi connectivity index (χ0) is 20.8. The number of nitrogens with one attached hydrogen (secondary N) is 1. The number of nitrogens with two attached hydrogens (primary N) is 1. The number of hydrogen-bond donors (Lipinski definition) is 3. The van der Waals surface area contributed by atoms with Crippen LogP contribution >= 0.6 is 0 Å². The SMILES string of the molecule is C[C@@H](Nc1ccn2ncc(C(=O)O)c2n1)c1cc(F)cc2c1O[C@](C)(CCN)C2. The van der Waals surface area contributed by atoms with E-state index >= 15 is 0 Å². The third-order valence-electron chi connectivity index (χ3n) is 5.18. The van der Waals surface area contributed by atoms with Crippen LogP contribution in [0.1, 0.15) is 47.8 Å². The van der Waals surface area contributed by atoms with Crippen LogP contribution in [0, 0.1) is 5.82 Å². The molecule has 3 aromatic rings. The predicted molar refractivity (Wildman–Crippen MR) is 105 cm³/mol. The van der Waals surface area contributed by atoms with Gasteiger partial charge in [-0.05, 0) is 45.0 Å². The van der Waals surface area contributed by atoms with Crippen molar-refractivity contribution < 1.29 is 19.0 Å². The van der Waals surface area contributed by atoms with Crippen LogP contribution in [-0.2, 0) is 6.42 Å². The second-order valence-electron chi connectivity index (χ2n) is 7.56. The number of anilines is 1. The Labute approximate surface area is 166 Å². The minimum absolute atomic E-state index is 0.00818. The summed E-state index contributed by atoms with van der Waals surface area (Å²) in [5.74, 6) is -0.318. The minimum Gasteiger partial charge on any atom is -0.487 e. The first kappa shape index (κ1) is 19.1. The van der Waals surface area contributed by atoms with Gasteiger partial charge in [0.25, 0.3) is 0 Å². The normalized spacial score (nSPS) is 19.0. The lowest BCUT2D eigenvalue weighted by Crippen LogP contribution is -2.33. The van der Waals surface area contributed by atoms with Crippen LogP contribution in [0.5, 0.6) is 5.75 Å². The molecule has 0 bridgehead atoms. The monoisotopic (exact) mass is 399 g/mol. The fourth-order valence-corrected chi connectivity index (χ4v) is 3.78.